The van der Waals surface area contributed by atoms with Crippen molar-refractivity contribution in [3.63, 3.8) is 0 Å². The molecule has 1 aliphatic heterocycles. The molecular formula is C17H17N5O3. The first-order valence-corrected chi connectivity index (χ1v) is 8.06. The highest BCUT2D eigenvalue weighted by molar-refractivity contribution is 5.93. The molecule has 0 bridgehead atoms. The highest BCUT2D eigenvalue weighted by Crippen LogP contribution is 2.25. The van der Waals surface area contributed by atoms with E-state index in [4.69, 9.17) is 9.15 Å². The van der Waals surface area contributed by atoms with Gasteiger partial charge in [-0.3, -0.25) is 9.78 Å². The fourth-order valence-corrected chi connectivity index (χ4v) is 2.92. The summed E-state index contributed by atoms with van der Waals surface area (Å²) in [7, 11) is 0. The number of nitrogens with zero attached hydrogens (tertiary/aromatic N) is 5. The first kappa shape index (κ1) is 15.6. The first-order chi connectivity index (χ1) is 12.1. The number of rotatable bonds is 2. The molecule has 25 heavy (non-hydrogen) atoms. The van der Waals surface area contributed by atoms with Gasteiger partial charge in [0.25, 0.3) is 5.91 Å². The lowest BCUT2D eigenvalue weighted by Crippen LogP contribution is -2.46. The molecule has 1 fully saturated rings. The van der Waals surface area contributed by atoms with Crippen LogP contribution in [-0.4, -0.2) is 50.2 Å². The van der Waals surface area contributed by atoms with E-state index >= 15 is 0 Å². The van der Waals surface area contributed by atoms with Gasteiger partial charge >= 0.3 is 0 Å². The highest BCUT2D eigenvalue weighted by atomic mass is 16.5. The van der Waals surface area contributed by atoms with Crippen LogP contribution in [0.4, 0.5) is 0 Å². The van der Waals surface area contributed by atoms with Crippen molar-refractivity contribution in [2.24, 2.45) is 0 Å². The lowest BCUT2D eigenvalue weighted by molar-refractivity contribution is -0.0797. The quantitative estimate of drug-likeness (QED) is 0.704. The minimum Gasteiger partial charge on any atom is -0.423 e. The van der Waals surface area contributed by atoms with Crippen LogP contribution in [-0.2, 0) is 4.74 Å². The zero-order valence-corrected chi connectivity index (χ0v) is 13.9. The van der Waals surface area contributed by atoms with Gasteiger partial charge in [-0.15, -0.1) is 10.2 Å². The van der Waals surface area contributed by atoms with E-state index < -0.39 is 6.10 Å². The van der Waals surface area contributed by atoms with Crippen molar-refractivity contribution in [2.45, 2.75) is 26.1 Å². The number of para-hydroxylation sites is 2. The van der Waals surface area contributed by atoms with Gasteiger partial charge in [-0.25, -0.2) is 4.98 Å². The van der Waals surface area contributed by atoms with E-state index in [1.165, 1.54) is 6.20 Å². The molecule has 1 aliphatic rings. The van der Waals surface area contributed by atoms with Crippen LogP contribution < -0.4 is 0 Å². The second-order valence-electron chi connectivity index (χ2n) is 6.05. The molecule has 1 aromatic carbocycles. The van der Waals surface area contributed by atoms with E-state index in [-0.39, 0.29) is 12.0 Å². The van der Waals surface area contributed by atoms with Gasteiger partial charge in [0, 0.05) is 13.5 Å². The summed E-state index contributed by atoms with van der Waals surface area (Å²) < 4.78 is 11.3. The maximum Gasteiger partial charge on any atom is 0.274 e. The van der Waals surface area contributed by atoms with E-state index in [2.05, 4.69) is 20.2 Å². The molecule has 0 N–H and O–H groups in total. The number of amides is 1. The molecule has 1 saturated heterocycles. The molecular weight excluding hydrogens is 322 g/mol. The number of ether oxygens (including phenoxy) is 1. The fourth-order valence-electron chi connectivity index (χ4n) is 2.92. The Hall–Kier alpha value is -2.87. The molecule has 0 spiro atoms. The van der Waals surface area contributed by atoms with Crippen LogP contribution >= 0.6 is 0 Å². The molecule has 8 heteroatoms. The fraction of sp³-hybridized carbons (Fsp3) is 0.353. The number of carbonyl (C=O) groups excluding carboxylic acids is 1. The minimum atomic E-state index is -0.442. The van der Waals surface area contributed by atoms with Gasteiger partial charge in [0.15, 0.2) is 6.10 Å². The topological polar surface area (TPSA) is 94.2 Å². The van der Waals surface area contributed by atoms with Crippen LogP contribution in [0.1, 0.15) is 35.3 Å². The van der Waals surface area contributed by atoms with Crippen LogP contribution in [0.15, 0.2) is 34.9 Å². The second kappa shape index (κ2) is 6.21. The Kier molecular flexibility index (Phi) is 3.89. The largest absolute Gasteiger partial charge is 0.423 e. The number of aryl methyl sites for hydroxylation is 1. The Labute approximate surface area is 143 Å². The molecule has 8 nitrogen and oxygen atoms in total. The third kappa shape index (κ3) is 3.08. The molecule has 2 aromatic heterocycles. The summed E-state index contributed by atoms with van der Waals surface area (Å²) in [4.78, 5) is 23.3. The SMILES string of the molecule is Cc1nnc([C@H]2CN(C(=O)c3cnc4ccccc4n3)C[C@@H](C)O2)o1. The van der Waals surface area contributed by atoms with Crippen LogP contribution in [0.5, 0.6) is 0 Å². The van der Waals surface area contributed by atoms with Crippen molar-refractivity contribution in [3.8, 4) is 0 Å². The average molecular weight is 339 g/mol. The number of hydrogen-bond donors (Lipinski definition) is 0. The third-order valence-corrected chi connectivity index (χ3v) is 4.03. The number of fused-ring (bicyclic) bond motifs is 1. The Morgan fingerprint density at radius 3 is 2.76 bits per heavy atom. The lowest BCUT2D eigenvalue weighted by atomic mass is 10.2. The normalized spacial score (nSPS) is 20.8. The van der Waals surface area contributed by atoms with Gasteiger partial charge in [-0.05, 0) is 19.1 Å². The third-order valence-electron chi connectivity index (χ3n) is 4.03. The number of hydrogen-bond acceptors (Lipinski definition) is 7. The van der Waals surface area contributed by atoms with Crippen LogP contribution in [0, 0.1) is 6.92 Å². The molecule has 3 aromatic rings. The predicted molar refractivity (Wildman–Crippen MR) is 87.8 cm³/mol. The van der Waals surface area contributed by atoms with Gasteiger partial charge in [-0.2, -0.15) is 0 Å². The average Bonchev–Trinajstić information content (AvgIpc) is 3.06. The molecule has 1 amide bonds. The molecule has 0 saturated carbocycles. The maximum absolute atomic E-state index is 12.9. The maximum atomic E-state index is 12.9. The Bertz CT molecular complexity index is 925. The van der Waals surface area contributed by atoms with Crippen molar-refractivity contribution >= 4 is 16.9 Å². The van der Waals surface area contributed by atoms with Crippen LogP contribution in [0.25, 0.3) is 11.0 Å². The number of benzene rings is 1. The van der Waals surface area contributed by atoms with Crippen LogP contribution in [0.2, 0.25) is 0 Å². The molecule has 3 heterocycles. The lowest BCUT2D eigenvalue weighted by Gasteiger charge is -2.35. The summed E-state index contributed by atoms with van der Waals surface area (Å²) in [5.74, 6) is 0.663. The summed E-state index contributed by atoms with van der Waals surface area (Å²) in [5, 5.41) is 7.83. The Morgan fingerprint density at radius 1 is 1.20 bits per heavy atom. The van der Waals surface area contributed by atoms with Gasteiger partial charge in [-0.1, -0.05) is 12.1 Å². The van der Waals surface area contributed by atoms with E-state index in [0.29, 0.717) is 36.1 Å². The smallest absolute Gasteiger partial charge is 0.274 e. The predicted octanol–water partition coefficient (Wildman–Crippen LogP) is 1.92. The van der Waals surface area contributed by atoms with Crippen LogP contribution in [0.3, 0.4) is 0 Å². The van der Waals surface area contributed by atoms with Gasteiger partial charge in [0.05, 0.1) is 29.9 Å². The zero-order valence-electron chi connectivity index (χ0n) is 13.9. The number of carbonyl (C=O) groups is 1. The van der Waals surface area contributed by atoms with Gasteiger partial charge in [0.1, 0.15) is 5.69 Å². The monoisotopic (exact) mass is 339 g/mol. The Balaban J connectivity index is 1.59. The van der Waals surface area contributed by atoms with Crippen molar-refractivity contribution < 1.29 is 13.9 Å². The molecule has 0 aliphatic carbocycles. The molecule has 2 atom stereocenters. The van der Waals surface area contributed by atoms with Crippen molar-refractivity contribution in [1.29, 1.82) is 0 Å². The van der Waals surface area contributed by atoms with E-state index in [1.54, 1.807) is 11.8 Å². The molecule has 0 unspecified atom stereocenters. The molecule has 4 rings (SSSR count). The van der Waals surface area contributed by atoms with Crippen molar-refractivity contribution in [2.75, 3.05) is 13.1 Å². The van der Waals surface area contributed by atoms with Crippen molar-refractivity contribution in [1.82, 2.24) is 25.1 Å². The summed E-state index contributed by atoms with van der Waals surface area (Å²) >= 11 is 0. The second-order valence-corrected chi connectivity index (χ2v) is 6.05. The van der Waals surface area contributed by atoms with Gasteiger partial charge < -0.3 is 14.1 Å². The van der Waals surface area contributed by atoms with Gasteiger partial charge in [0.2, 0.25) is 11.8 Å². The first-order valence-electron chi connectivity index (χ1n) is 8.06. The number of morpholine rings is 1. The minimum absolute atomic E-state index is 0.150. The Morgan fingerprint density at radius 2 is 2.00 bits per heavy atom. The summed E-state index contributed by atoms with van der Waals surface area (Å²) in [6, 6.07) is 7.46. The number of aromatic nitrogens is 4. The van der Waals surface area contributed by atoms with Crippen molar-refractivity contribution in [3.05, 3.63) is 47.9 Å². The standard InChI is InChI=1S/C17H17N5O3/c1-10-8-22(9-15(24-10)16-21-20-11(2)25-16)17(23)14-7-18-12-5-3-4-6-13(12)19-14/h3-7,10,15H,8-9H2,1-2H3/t10-,15-/m1/s1. The highest BCUT2D eigenvalue weighted by Gasteiger charge is 2.33. The molecule has 0 radical (unpaired) electrons. The molecule has 128 valence electrons. The summed E-state index contributed by atoms with van der Waals surface area (Å²) in [6.07, 6.45) is 0.919. The summed E-state index contributed by atoms with van der Waals surface area (Å²) in [6.45, 7) is 4.42. The zero-order chi connectivity index (χ0) is 17.4. The van der Waals surface area contributed by atoms with E-state index in [1.807, 2.05) is 31.2 Å². The summed E-state index contributed by atoms with van der Waals surface area (Å²) in [5.41, 5.74) is 1.76. The van der Waals surface area contributed by atoms with E-state index in [0.717, 1.165) is 5.52 Å². The van der Waals surface area contributed by atoms with E-state index in [9.17, 15) is 4.79 Å².